The van der Waals surface area contributed by atoms with Gasteiger partial charge in [0, 0.05) is 12.5 Å². The number of carbonyl (C=O) groups is 2. The summed E-state index contributed by atoms with van der Waals surface area (Å²) in [7, 11) is 0. The Kier molecular flexibility index (Phi) is 2.44. The SMILES string of the molecule is NC(=O)C1CC(=O)NC1C1CCCC1. The lowest BCUT2D eigenvalue weighted by Crippen LogP contribution is -2.40. The molecule has 4 nitrogen and oxygen atoms in total. The van der Waals surface area contributed by atoms with Crippen molar-refractivity contribution in [1.82, 2.24) is 5.32 Å². The number of amides is 2. The maximum atomic E-state index is 11.2. The molecule has 2 aliphatic rings. The van der Waals surface area contributed by atoms with Crippen LogP contribution in [0.2, 0.25) is 0 Å². The van der Waals surface area contributed by atoms with Crippen LogP contribution in [0.1, 0.15) is 32.1 Å². The lowest BCUT2D eigenvalue weighted by atomic mass is 9.88. The molecular weight excluding hydrogens is 180 g/mol. The first-order valence-corrected chi connectivity index (χ1v) is 5.27. The molecule has 0 radical (unpaired) electrons. The van der Waals surface area contributed by atoms with E-state index in [0.29, 0.717) is 5.92 Å². The van der Waals surface area contributed by atoms with Crippen LogP contribution < -0.4 is 11.1 Å². The standard InChI is InChI=1S/C10H16N2O2/c11-10(14)7-5-8(13)12-9(7)6-3-1-2-4-6/h6-7,9H,1-5H2,(H2,11,14)(H,12,13). The number of hydrogen-bond acceptors (Lipinski definition) is 2. The molecule has 1 aliphatic carbocycles. The van der Waals surface area contributed by atoms with Crippen LogP contribution in [0.15, 0.2) is 0 Å². The molecule has 2 unspecified atom stereocenters. The van der Waals surface area contributed by atoms with Crippen molar-refractivity contribution >= 4 is 11.8 Å². The van der Waals surface area contributed by atoms with Crippen molar-refractivity contribution in [3.63, 3.8) is 0 Å². The van der Waals surface area contributed by atoms with Crippen LogP contribution in [-0.4, -0.2) is 17.9 Å². The largest absolute Gasteiger partial charge is 0.369 e. The van der Waals surface area contributed by atoms with Gasteiger partial charge >= 0.3 is 0 Å². The summed E-state index contributed by atoms with van der Waals surface area (Å²) in [6, 6.07) is 0.0162. The first kappa shape index (κ1) is 9.49. The van der Waals surface area contributed by atoms with Crippen LogP contribution in [0.3, 0.4) is 0 Å². The number of rotatable bonds is 2. The van der Waals surface area contributed by atoms with Crippen LogP contribution in [0.4, 0.5) is 0 Å². The van der Waals surface area contributed by atoms with Crippen molar-refractivity contribution in [2.45, 2.75) is 38.1 Å². The van der Waals surface area contributed by atoms with E-state index in [1.165, 1.54) is 12.8 Å². The van der Waals surface area contributed by atoms with Gasteiger partial charge in [-0.2, -0.15) is 0 Å². The first-order valence-electron chi connectivity index (χ1n) is 5.27. The van der Waals surface area contributed by atoms with Crippen molar-refractivity contribution in [2.75, 3.05) is 0 Å². The van der Waals surface area contributed by atoms with Crippen LogP contribution >= 0.6 is 0 Å². The predicted octanol–water partition coefficient (Wildman–Crippen LogP) is 0.167. The van der Waals surface area contributed by atoms with E-state index in [4.69, 9.17) is 5.73 Å². The molecule has 1 aliphatic heterocycles. The van der Waals surface area contributed by atoms with Crippen LogP contribution in [0.5, 0.6) is 0 Å². The van der Waals surface area contributed by atoms with Crippen molar-refractivity contribution in [3.05, 3.63) is 0 Å². The van der Waals surface area contributed by atoms with Crippen LogP contribution in [-0.2, 0) is 9.59 Å². The van der Waals surface area contributed by atoms with Crippen LogP contribution in [0, 0.1) is 11.8 Å². The van der Waals surface area contributed by atoms with Crippen molar-refractivity contribution in [2.24, 2.45) is 17.6 Å². The molecular formula is C10H16N2O2. The quantitative estimate of drug-likeness (QED) is 0.660. The van der Waals surface area contributed by atoms with Gasteiger partial charge < -0.3 is 11.1 Å². The summed E-state index contributed by atoms with van der Waals surface area (Å²) >= 11 is 0. The predicted molar refractivity (Wildman–Crippen MR) is 51.2 cm³/mol. The second-order valence-corrected chi connectivity index (χ2v) is 4.35. The lowest BCUT2D eigenvalue weighted by Gasteiger charge is -2.22. The van der Waals surface area contributed by atoms with Gasteiger partial charge in [-0.25, -0.2) is 0 Å². The zero-order chi connectivity index (χ0) is 10.1. The van der Waals surface area contributed by atoms with E-state index in [1.54, 1.807) is 0 Å². The highest BCUT2D eigenvalue weighted by Crippen LogP contribution is 2.34. The molecule has 0 spiro atoms. The van der Waals surface area contributed by atoms with Crippen molar-refractivity contribution < 1.29 is 9.59 Å². The fourth-order valence-electron chi connectivity index (χ4n) is 2.71. The normalized spacial score (nSPS) is 33.3. The molecule has 3 N–H and O–H groups in total. The maximum absolute atomic E-state index is 11.2. The Morgan fingerprint density at radius 2 is 2.00 bits per heavy atom. The van der Waals surface area contributed by atoms with E-state index in [-0.39, 0.29) is 30.2 Å². The second kappa shape index (κ2) is 3.59. The van der Waals surface area contributed by atoms with Gasteiger partial charge in [0.05, 0.1) is 5.92 Å². The van der Waals surface area contributed by atoms with E-state index in [2.05, 4.69) is 5.32 Å². The average molecular weight is 196 g/mol. The maximum Gasteiger partial charge on any atom is 0.223 e. The summed E-state index contributed by atoms with van der Waals surface area (Å²) in [6.07, 6.45) is 4.95. The second-order valence-electron chi connectivity index (χ2n) is 4.35. The van der Waals surface area contributed by atoms with E-state index in [9.17, 15) is 9.59 Å². The Morgan fingerprint density at radius 1 is 1.36 bits per heavy atom. The minimum atomic E-state index is -0.333. The highest BCUT2D eigenvalue weighted by atomic mass is 16.2. The fraction of sp³-hybridized carbons (Fsp3) is 0.800. The lowest BCUT2D eigenvalue weighted by molar-refractivity contribution is -0.124. The minimum Gasteiger partial charge on any atom is -0.369 e. The summed E-state index contributed by atoms with van der Waals surface area (Å²) in [5, 5.41) is 2.89. The van der Waals surface area contributed by atoms with Gasteiger partial charge in [0.1, 0.15) is 0 Å². The Bertz CT molecular complexity index is 259. The molecule has 14 heavy (non-hydrogen) atoms. The molecule has 1 saturated carbocycles. The van der Waals surface area contributed by atoms with Gasteiger partial charge in [-0.3, -0.25) is 9.59 Å². The molecule has 1 saturated heterocycles. The van der Waals surface area contributed by atoms with Gasteiger partial charge in [0.15, 0.2) is 0 Å². The third-order valence-electron chi connectivity index (χ3n) is 3.44. The monoisotopic (exact) mass is 196 g/mol. The van der Waals surface area contributed by atoms with Gasteiger partial charge in [-0.1, -0.05) is 12.8 Å². The zero-order valence-electron chi connectivity index (χ0n) is 8.16. The number of nitrogens with one attached hydrogen (secondary N) is 1. The van der Waals surface area contributed by atoms with Crippen molar-refractivity contribution in [1.29, 1.82) is 0 Å². The van der Waals surface area contributed by atoms with E-state index in [0.717, 1.165) is 12.8 Å². The van der Waals surface area contributed by atoms with Crippen LogP contribution in [0.25, 0.3) is 0 Å². The van der Waals surface area contributed by atoms with Crippen molar-refractivity contribution in [3.8, 4) is 0 Å². The smallest absolute Gasteiger partial charge is 0.223 e. The average Bonchev–Trinajstić information content (AvgIpc) is 2.70. The highest BCUT2D eigenvalue weighted by Gasteiger charge is 2.41. The Labute approximate surface area is 83.2 Å². The molecule has 0 bridgehead atoms. The summed E-state index contributed by atoms with van der Waals surface area (Å²) in [5.74, 6) is -0.157. The minimum absolute atomic E-state index is 0.0162. The number of nitrogens with two attached hydrogens (primary N) is 1. The molecule has 0 aromatic heterocycles. The summed E-state index contributed by atoms with van der Waals surface area (Å²) in [5.41, 5.74) is 5.29. The molecule has 1 heterocycles. The molecule has 2 amide bonds. The van der Waals surface area contributed by atoms with Gasteiger partial charge in [0.2, 0.25) is 11.8 Å². The highest BCUT2D eigenvalue weighted by molar-refractivity contribution is 5.89. The number of primary amides is 1. The Morgan fingerprint density at radius 3 is 2.57 bits per heavy atom. The van der Waals surface area contributed by atoms with Gasteiger partial charge in [-0.05, 0) is 18.8 Å². The molecule has 0 aromatic rings. The third kappa shape index (κ3) is 1.61. The molecule has 2 rings (SSSR count). The van der Waals surface area contributed by atoms with Gasteiger partial charge in [-0.15, -0.1) is 0 Å². The summed E-state index contributed by atoms with van der Waals surface area (Å²) in [4.78, 5) is 22.4. The van der Waals surface area contributed by atoms with Gasteiger partial charge in [0.25, 0.3) is 0 Å². The topological polar surface area (TPSA) is 72.2 Å². The molecule has 2 fully saturated rings. The molecule has 78 valence electrons. The number of carbonyl (C=O) groups excluding carboxylic acids is 2. The molecule has 4 heteroatoms. The first-order chi connectivity index (χ1) is 6.68. The number of hydrogen-bond donors (Lipinski definition) is 2. The van der Waals surface area contributed by atoms with E-state index < -0.39 is 0 Å². The Hall–Kier alpha value is -1.06. The summed E-state index contributed by atoms with van der Waals surface area (Å²) in [6.45, 7) is 0. The molecule has 0 aromatic carbocycles. The van der Waals surface area contributed by atoms with E-state index in [1.807, 2.05) is 0 Å². The molecule has 2 atom stereocenters. The Balaban J connectivity index is 2.08. The van der Waals surface area contributed by atoms with E-state index >= 15 is 0 Å². The zero-order valence-corrected chi connectivity index (χ0v) is 8.16. The third-order valence-corrected chi connectivity index (χ3v) is 3.44. The summed E-state index contributed by atoms with van der Waals surface area (Å²) < 4.78 is 0. The fourth-order valence-corrected chi connectivity index (χ4v) is 2.71.